The molecule has 32 heavy (non-hydrogen) atoms. The van der Waals surface area contributed by atoms with Crippen molar-refractivity contribution in [1.82, 2.24) is 19.9 Å². The fourth-order valence-electron chi connectivity index (χ4n) is 4.21. The standard InChI is InChI=1S/C24H18N4O4/c29-21-19-15-5-3-13(26-15)9-11-1-2-12(25-11)10-14-4-6-16(27-14)20(18-8-7-17(19)28-18)22(30)24(32)23(21)31/h1-10,23-25,28-32H. The molecule has 0 saturated heterocycles. The summed E-state index contributed by atoms with van der Waals surface area (Å²) in [6.07, 6.45) is 3.50. The lowest BCUT2D eigenvalue weighted by Crippen LogP contribution is -2.34. The van der Waals surface area contributed by atoms with Gasteiger partial charge in [0.15, 0.2) is 0 Å². The number of aromatic nitrogens is 4. The van der Waals surface area contributed by atoms with E-state index in [1.807, 2.05) is 24.3 Å². The number of aromatic amines is 2. The van der Waals surface area contributed by atoms with Crippen LogP contribution in [-0.2, 0) is 0 Å². The van der Waals surface area contributed by atoms with Gasteiger partial charge in [-0.25, -0.2) is 9.97 Å². The summed E-state index contributed by atoms with van der Waals surface area (Å²) in [5, 5.41) is 43.7. The molecule has 3 aromatic rings. The van der Waals surface area contributed by atoms with Crippen molar-refractivity contribution < 1.29 is 20.4 Å². The number of hydrogen-bond donors (Lipinski definition) is 6. The molecule has 0 spiro atoms. The van der Waals surface area contributed by atoms with E-state index in [1.54, 1.807) is 36.4 Å². The van der Waals surface area contributed by atoms with Crippen LogP contribution in [0.15, 0.2) is 36.4 Å². The molecule has 10 bridgehead atoms. The second kappa shape index (κ2) is 6.68. The Balaban J connectivity index is 1.91. The fraction of sp³-hybridized carbons (Fsp3) is 0.0833. The third kappa shape index (κ3) is 2.78. The lowest BCUT2D eigenvalue weighted by atomic mass is 10.0. The Hall–Kier alpha value is -4.14. The molecule has 3 aliphatic heterocycles. The maximum absolute atomic E-state index is 10.9. The highest BCUT2D eigenvalue weighted by Crippen LogP contribution is 2.18. The van der Waals surface area contributed by atoms with Crippen molar-refractivity contribution in [3.05, 3.63) is 69.6 Å². The maximum atomic E-state index is 10.9. The average Bonchev–Trinajstić information content (AvgIpc) is 3.57. The minimum Gasteiger partial charge on any atom is -0.509 e. The Morgan fingerprint density at radius 3 is 1.56 bits per heavy atom. The molecule has 6 heterocycles. The zero-order valence-electron chi connectivity index (χ0n) is 16.6. The van der Waals surface area contributed by atoms with Gasteiger partial charge in [0.25, 0.3) is 0 Å². The van der Waals surface area contributed by atoms with Crippen molar-refractivity contribution >= 4 is 57.9 Å². The van der Waals surface area contributed by atoms with E-state index in [0.29, 0.717) is 33.8 Å². The minimum absolute atomic E-state index is 0.236. The first-order valence-electron chi connectivity index (χ1n) is 10.1. The number of H-pyrrole nitrogens is 2. The Bertz CT molecular complexity index is 1520. The molecule has 0 radical (unpaired) electrons. The molecule has 3 aromatic heterocycles. The van der Waals surface area contributed by atoms with Gasteiger partial charge >= 0.3 is 0 Å². The van der Waals surface area contributed by atoms with E-state index >= 15 is 0 Å². The van der Waals surface area contributed by atoms with Crippen molar-refractivity contribution in [2.24, 2.45) is 0 Å². The molecule has 158 valence electrons. The number of nitrogens with one attached hydrogen (secondary N) is 2. The fourth-order valence-corrected chi connectivity index (χ4v) is 4.21. The Labute approximate surface area is 180 Å². The maximum Gasteiger partial charge on any atom is 0.145 e. The molecule has 6 rings (SSSR count). The predicted octanol–water partition coefficient (Wildman–Crippen LogP) is 1.72. The lowest BCUT2D eigenvalue weighted by Gasteiger charge is -2.17. The molecule has 0 aliphatic carbocycles. The van der Waals surface area contributed by atoms with Crippen LogP contribution in [0.3, 0.4) is 0 Å². The Kier molecular flexibility index (Phi) is 3.89. The van der Waals surface area contributed by atoms with Gasteiger partial charge in [0.2, 0.25) is 0 Å². The molecule has 0 amide bonds. The molecule has 8 nitrogen and oxygen atoms in total. The van der Waals surface area contributed by atoms with Crippen LogP contribution in [0.4, 0.5) is 0 Å². The summed E-state index contributed by atoms with van der Waals surface area (Å²) >= 11 is 0. The largest absolute Gasteiger partial charge is 0.509 e. The van der Waals surface area contributed by atoms with E-state index < -0.39 is 23.7 Å². The van der Waals surface area contributed by atoms with E-state index in [-0.39, 0.29) is 10.4 Å². The summed E-state index contributed by atoms with van der Waals surface area (Å²) in [6.45, 7) is 0. The van der Waals surface area contributed by atoms with Crippen LogP contribution >= 0.6 is 0 Å². The van der Waals surface area contributed by atoms with Gasteiger partial charge in [-0.15, -0.1) is 0 Å². The first kappa shape index (κ1) is 18.6. The van der Waals surface area contributed by atoms with Gasteiger partial charge in [0.1, 0.15) is 23.7 Å². The smallest absolute Gasteiger partial charge is 0.145 e. The third-order valence-corrected chi connectivity index (χ3v) is 5.77. The monoisotopic (exact) mass is 426 g/mol. The van der Waals surface area contributed by atoms with Crippen molar-refractivity contribution in [1.29, 1.82) is 0 Å². The number of aliphatic hydroxyl groups excluding tert-OH is 4. The van der Waals surface area contributed by atoms with Gasteiger partial charge in [0.05, 0.1) is 44.2 Å². The molecule has 2 unspecified atom stereocenters. The molecule has 3 aliphatic rings. The van der Waals surface area contributed by atoms with Crippen LogP contribution in [0, 0.1) is 0 Å². The Morgan fingerprint density at radius 1 is 0.625 bits per heavy atom. The molecule has 8 heteroatoms. The summed E-state index contributed by atoms with van der Waals surface area (Å²) in [5.41, 5.74) is 4.77. The normalized spacial score (nSPS) is 19.4. The second-order valence-electron chi connectivity index (χ2n) is 7.86. The first-order valence-corrected chi connectivity index (χ1v) is 10.1. The highest BCUT2D eigenvalue weighted by atomic mass is 16.4. The van der Waals surface area contributed by atoms with Gasteiger partial charge < -0.3 is 30.4 Å². The second-order valence-corrected chi connectivity index (χ2v) is 7.86. The summed E-state index contributed by atoms with van der Waals surface area (Å²) in [5.74, 6) is -1.00. The average molecular weight is 426 g/mol. The van der Waals surface area contributed by atoms with Crippen LogP contribution in [-0.4, -0.2) is 52.6 Å². The predicted molar refractivity (Wildman–Crippen MR) is 122 cm³/mol. The molecule has 2 atom stereocenters. The van der Waals surface area contributed by atoms with Crippen molar-refractivity contribution in [2.45, 2.75) is 12.2 Å². The summed E-state index contributed by atoms with van der Waals surface area (Å²) in [7, 11) is 0. The minimum atomic E-state index is -1.77. The highest BCUT2D eigenvalue weighted by molar-refractivity contribution is 5.80. The van der Waals surface area contributed by atoms with E-state index in [9.17, 15) is 20.4 Å². The van der Waals surface area contributed by atoms with Gasteiger partial charge in [0, 0.05) is 11.0 Å². The van der Waals surface area contributed by atoms with E-state index in [4.69, 9.17) is 0 Å². The molecule has 0 saturated carbocycles. The van der Waals surface area contributed by atoms with Gasteiger partial charge in [-0.05, 0) is 60.7 Å². The molecular formula is C24H18N4O4. The quantitative estimate of drug-likeness (QED) is 0.223. The molecule has 0 aromatic carbocycles. The van der Waals surface area contributed by atoms with Crippen LogP contribution in [0.2, 0.25) is 0 Å². The number of hydrogen-bond acceptors (Lipinski definition) is 6. The van der Waals surface area contributed by atoms with E-state index in [0.717, 1.165) is 11.0 Å². The third-order valence-electron chi connectivity index (χ3n) is 5.77. The van der Waals surface area contributed by atoms with Crippen molar-refractivity contribution in [3.8, 4) is 0 Å². The Morgan fingerprint density at radius 2 is 1.09 bits per heavy atom. The lowest BCUT2D eigenvalue weighted by molar-refractivity contribution is 0.0599. The van der Waals surface area contributed by atoms with Crippen LogP contribution in [0.25, 0.3) is 57.9 Å². The molecule has 6 N–H and O–H groups in total. The number of nitrogens with zero attached hydrogens (tertiary/aromatic N) is 2. The SMILES string of the molecule is OC1=c2c3nc(cc4ccc(cc5nc(c(c6ccc2[nH]6)=C(O)C(O)C1O)C=C5)[nH]4)C=C3. The van der Waals surface area contributed by atoms with Crippen LogP contribution in [0.5, 0.6) is 0 Å². The summed E-state index contributed by atoms with van der Waals surface area (Å²) < 4.78 is 0. The zero-order chi connectivity index (χ0) is 22.0. The first-order chi connectivity index (χ1) is 15.5. The number of rotatable bonds is 0. The van der Waals surface area contributed by atoms with Gasteiger partial charge in [-0.3, -0.25) is 0 Å². The highest BCUT2D eigenvalue weighted by Gasteiger charge is 2.28. The van der Waals surface area contributed by atoms with E-state index in [1.165, 1.54) is 0 Å². The zero-order valence-corrected chi connectivity index (χ0v) is 16.6. The topological polar surface area (TPSA) is 138 Å². The van der Waals surface area contributed by atoms with Crippen molar-refractivity contribution in [3.63, 3.8) is 0 Å². The molecule has 0 fully saturated rings. The van der Waals surface area contributed by atoms with Crippen LogP contribution in [0.1, 0.15) is 22.8 Å². The number of fused-ring (bicyclic) bond motifs is 8. The molecular weight excluding hydrogens is 408 g/mol. The van der Waals surface area contributed by atoms with Crippen molar-refractivity contribution in [2.75, 3.05) is 0 Å². The summed E-state index contributed by atoms with van der Waals surface area (Å²) in [6, 6.07) is 11.0. The number of aliphatic hydroxyl groups is 4. The van der Waals surface area contributed by atoms with Gasteiger partial charge in [-0.2, -0.15) is 0 Å². The van der Waals surface area contributed by atoms with Crippen LogP contribution < -0.4 is 10.4 Å². The van der Waals surface area contributed by atoms with E-state index in [2.05, 4.69) is 19.9 Å². The summed E-state index contributed by atoms with van der Waals surface area (Å²) in [4.78, 5) is 15.6. The van der Waals surface area contributed by atoms with Gasteiger partial charge in [-0.1, -0.05) is 0 Å².